The Balaban J connectivity index is 2.48. The highest BCUT2D eigenvalue weighted by Gasteiger charge is 1.94. The average Bonchev–Trinajstić information content (AvgIpc) is 2.59. The van der Waals surface area contributed by atoms with Gasteiger partial charge in [0.2, 0.25) is 0 Å². The third kappa shape index (κ3) is 0.680. The molecule has 2 heterocycles. The van der Waals surface area contributed by atoms with E-state index >= 15 is 0 Å². The molecule has 0 atom stereocenters. The third-order valence-corrected chi connectivity index (χ3v) is 1.06. The van der Waals surface area contributed by atoms with E-state index in [9.17, 15) is 0 Å². The lowest BCUT2D eigenvalue weighted by atomic mass is 10.4. The van der Waals surface area contributed by atoms with Crippen LogP contribution in [-0.4, -0.2) is 15.5 Å². The lowest BCUT2D eigenvalue weighted by molar-refractivity contribution is 0.577. The molecule has 0 saturated heterocycles. The summed E-state index contributed by atoms with van der Waals surface area (Å²) in [5, 5.41) is 13.8. The van der Waals surface area contributed by atoms with E-state index in [1.165, 1.54) is 0 Å². The number of tetrazole rings is 1. The van der Waals surface area contributed by atoms with E-state index in [0.717, 1.165) is 0 Å². The van der Waals surface area contributed by atoms with Gasteiger partial charge in [-0.3, -0.25) is 10.3 Å². The number of nitrogens with zero attached hydrogens (tertiary/aromatic N) is 4. The second kappa shape index (κ2) is 1.94. The third-order valence-electron chi connectivity index (χ3n) is 1.06. The second-order valence-electron chi connectivity index (χ2n) is 1.68. The molecule has 2 rings (SSSR count). The van der Waals surface area contributed by atoms with Crippen LogP contribution >= 0.6 is 0 Å². The molecule has 5 nitrogen and oxygen atoms in total. The van der Waals surface area contributed by atoms with Crippen molar-refractivity contribution in [1.29, 1.82) is 0 Å². The van der Waals surface area contributed by atoms with Crippen molar-refractivity contribution in [3.05, 3.63) is 18.4 Å². The summed E-state index contributed by atoms with van der Waals surface area (Å²) in [7, 11) is 0. The van der Waals surface area contributed by atoms with E-state index in [1.54, 1.807) is 18.4 Å². The molecule has 0 bridgehead atoms. The lowest BCUT2D eigenvalue weighted by Crippen LogP contribution is -1.78. The molecule has 0 amide bonds. The van der Waals surface area contributed by atoms with Gasteiger partial charge in [-0.1, -0.05) is 0 Å². The van der Waals surface area contributed by atoms with Crippen LogP contribution in [0.4, 0.5) is 0 Å². The van der Waals surface area contributed by atoms with Crippen LogP contribution in [0.5, 0.6) is 0 Å². The van der Waals surface area contributed by atoms with Gasteiger partial charge in [-0.05, 0) is 12.1 Å². The molecule has 0 saturated carbocycles. The smallest absolute Gasteiger partial charge is 0.140 e. The van der Waals surface area contributed by atoms with Gasteiger partial charge in [0.15, 0.2) is 0 Å². The first-order chi connectivity index (χ1) is 4.97. The lowest BCUT2D eigenvalue weighted by Gasteiger charge is -1.89. The fourth-order valence-electron chi connectivity index (χ4n) is 0.649. The molecule has 0 aromatic carbocycles. The molecule has 2 aromatic rings. The maximum absolute atomic E-state index is 4.97. The minimum Gasteiger partial charge on any atom is -0.464 e. The summed E-state index contributed by atoms with van der Waals surface area (Å²) in [6.07, 6.45) is 1.55. The molecule has 0 spiro atoms. The molecule has 0 N–H and O–H groups in total. The molecule has 5 heteroatoms. The summed E-state index contributed by atoms with van der Waals surface area (Å²) in [5.41, 5.74) is 0. The number of furan rings is 1. The Bertz CT molecular complexity index is 253. The van der Waals surface area contributed by atoms with Crippen molar-refractivity contribution in [2.75, 3.05) is 0 Å². The summed E-state index contributed by atoms with van der Waals surface area (Å²) in [6.45, 7) is 0. The van der Waals surface area contributed by atoms with E-state index in [4.69, 9.17) is 4.42 Å². The highest BCUT2D eigenvalue weighted by Crippen LogP contribution is 2.10. The predicted molar refractivity (Wildman–Crippen MR) is 30.8 cm³/mol. The molecule has 0 aliphatic heterocycles. The van der Waals surface area contributed by atoms with Crippen LogP contribution in [0.15, 0.2) is 22.8 Å². The highest BCUT2D eigenvalue weighted by atomic mass is 16.3. The van der Waals surface area contributed by atoms with Gasteiger partial charge in [0, 0.05) is 0 Å². The van der Waals surface area contributed by atoms with Crippen molar-refractivity contribution in [2.24, 2.45) is 0 Å². The zero-order valence-electron chi connectivity index (χ0n) is 4.93. The Hall–Kier alpha value is -1.65. The van der Waals surface area contributed by atoms with Crippen LogP contribution in [0.25, 0.3) is 11.6 Å². The molecule has 0 radical (unpaired) electrons. The Morgan fingerprint density at radius 2 is 2.50 bits per heavy atom. The summed E-state index contributed by atoms with van der Waals surface area (Å²) < 4.78 is 4.97. The largest absolute Gasteiger partial charge is 0.464 e. The van der Waals surface area contributed by atoms with Gasteiger partial charge >= 0.3 is 0 Å². The predicted octanol–water partition coefficient (Wildman–Crippen LogP) is 0.0888. The summed E-state index contributed by atoms with van der Waals surface area (Å²) in [4.78, 5) is 0. The first-order valence-electron chi connectivity index (χ1n) is 2.69. The maximum atomic E-state index is 4.97. The minimum absolute atomic E-state index is 0.421. The zero-order valence-corrected chi connectivity index (χ0v) is 4.93. The Morgan fingerprint density at radius 1 is 1.50 bits per heavy atom. The molecule has 0 aliphatic rings. The van der Waals surface area contributed by atoms with E-state index < -0.39 is 0 Å². The topological polar surface area (TPSA) is 65.9 Å². The van der Waals surface area contributed by atoms with Gasteiger partial charge < -0.3 is 9.52 Å². The van der Waals surface area contributed by atoms with Crippen molar-refractivity contribution >= 4 is 0 Å². The molecule has 10 heavy (non-hydrogen) atoms. The summed E-state index contributed by atoms with van der Waals surface area (Å²) in [5.74, 6) is 1.01. The zero-order chi connectivity index (χ0) is 6.81. The second-order valence-corrected chi connectivity index (χ2v) is 1.68. The van der Waals surface area contributed by atoms with E-state index in [2.05, 4.69) is 20.6 Å². The number of rotatable bonds is 1. The molecule has 0 aliphatic carbocycles. The Morgan fingerprint density at radius 3 is 3.10 bits per heavy atom. The van der Waals surface area contributed by atoms with Crippen LogP contribution in [0, 0.1) is 0 Å². The van der Waals surface area contributed by atoms with Gasteiger partial charge in [-0.2, -0.15) is 5.21 Å². The monoisotopic (exact) mass is 135 g/mol. The minimum atomic E-state index is 0.421. The van der Waals surface area contributed by atoms with Crippen molar-refractivity contribution < 1.29 is 4.42 Å². The SMILES string of the molecule is c1coc(-c2nnn[n-]2)c1. The number of aromatic nitrogens is 4. The maximum Gasteiger partial charge on any atom is 0.140 e. The molecular weight excluding hydrogens is 132 g/mol. The molecule has 50 valence electrons. The van der Waals surface area contributed by atoms with E-state index in [1.807, 2.05) is 0 Å². The van der Waals surface area contributed by atoms with Crippen molar-refractivity contribution in [2.45, 2.75) is 0 Å². The van der Waals surface area contributed by atoms with Gasteiger partial charge in [0.05, 0.1) is 12.1 Å². The van der Waals surface area contributed by atoms with Gasteiger partial charge in [-0.15, -0.1) is 0 Å². The molecule has 0 fully saturated rings. The Labute approximate surface area is 56.1 Å². The summed E-state index contributed by atoms with van der Waals surface area (Å²) in [6, 6.07) is 3.50. The Kier molecular flexibility index (Phi) is 1.00. The highest BCUT2D eigenvalue weighted by molar-refractivity contribution is 5.43. The van der Waals surface area contributed by atoms with Crippen molar-refractivity contribution in [3.63, 3.8) is 0 Å². The van der Waals surface area contributed by atoms with Gasteiger partial charge in [0.1, 0.15) is 5.76 Å². The van der Waals surface area contributed by atoms with Crippen molar-refractivity contribution in [3.8, 4) is 11.6 Å². The van der Waals surface area contributed by atoms with Crippen LogP contribution in [0.3, 0.4) is 0 Å². The quantitative estimate of drug-likeness (QED) is 0.554. The standard InChI is InChI=1S/C5H3N4O/c1-2-4(10-3-1)5-6-8-9-7-5/h1-3H/q-1. The van der Waals surface area contributed by atoms with Crippen LogP contribution in [0.1, 0.15) is 0 Å². The van der Waals surface area contributed by atoms with E-state index in [0.29, 0.717) is 11.6 Å². The molecule has 2 aromatic heterocycles. The van der Waals surface area contributed by atoms with Crippen LogP contribution in [-0.2, 0) is 0 Å². The van der Waals surface area contributed by atoms with Gasteiger partial charge in [0.25, 0.3) is 0 Å². The van der Waals surface area contributed by atoms with Crippen LogP contribution < -0.4 is 5.10 Å². The normalized spacial score (nSPS) is 10.0. The van der Waals surface area contributed by atoms with Crippen LogP contribution in [0.2, 0.25) is 0 Å². The van der Waals surface area contributed by atoms with Gasteiger partial charge in [-0.25, -0.2) is 0 Å². The fraction of sp³-hybridized carbons (Fsp3) is 0. The first kappa shape index (κ1) is 5.16. The summed E-state index contributed by atoms with van der Waals surface area (Å²) >= 11 is 0. The van der Waals surface area contributed by atoms with E-state index in [-0.39, 0.29) is 0 Å². The van der Waals surface area contributed by atoms with Crippen molar-refractivity contribution in [1.82, 2.24) is 20.6 Å². The molecule has 0 unspecified atom stereocenters. The number of hydrogen-bond acceptors (Lipinski definition) is 4. The number of hydrogen-bond donors (Lipinski definition) is 0. The molecular formula is C5H3N4O-. The average molecular weight is 135 g/mol. The fourth-order valence-corrected chi connectivity index (χ4v) is 0.649. The first-order valence-corrected chi connectivity index (χ1v) is 2.69.